The van der Waals surface area contributed by atoms with Gasteiger partial charge in [-0.3, -0.25) is 4.79 Å². The van der Waals surface area contributed by atoms with Gasteiger partial charge in [0.15, 0.2) is 5.78 Å². The number of aliphatic hydroxyl groups is 1. The van der Waals surface area contributed by atoms with Gasteiger partial charge in [0.1, 0.15) is 0 Å². The summed E-state index contributed by atoms with van der Waals surface area (Å²) in [7, 11) is 0. The van der Waals surface area contributed by atoms with Crippen LogP contribution in [0, 0.1) is 28.6 Å². The van der Waals surface area contributed by atoms with Gasteiger partial charge in [0.05, 0.1) is 6.10 Å². The highest BCUT2D eigenvalue weighted by Crippen LogP contribution is 2.64. The van der Waals surface area contributed by atoms with Crippen molar-refractivity contribution in [1.82, 2.24) is 0 Å². The molecule has 29 heavy (non-hydrogen) atoms. The molecule has 0 bridgehead atoms. The Labute approximate surface area is 182 Å². The average molecular weight is 455 g/mol. The van der Waals surface area contributed by atoms with E-state index in [0.29, 0.717) is 23.5 Å². The van der Waals surface area contributed by atoms with Crippen LogP contribution in [0.3, 0.4) is 0 Å². The largest absolute Gasteiger partial charge is 0.393 e. The molecule has 3 fully saturated rings. The van der Waals surface area contributed by atoms with Crippen LogP contribution in [0.2, 0.25) is 0 Å². The molecular formula is C26H31BrO2. The van der Waals surface area contributed by atoms with Crippen molar-refractivity contribution in [3.8, 4) is 0 Å². The Hall–Kier alpha value is -1.19. The minimum absolute atomic E-state index is 0.160. The van der Waals surface area contributed by atoms with Crippen LogP contribution in [-0.4, -0.2) is 17.0 Å². The van der Waals surface area contributed by atoms with Gasteiger partial charge in [0, 0.05) is 9.89 Å². The van der Waals surface area contributed by atoms with Gasteiger partial charge >= 0.3 is 0 Å². The first-order chi connectivity index (χ1) is 13.8. The van der Waals surface area contributed by atoms with Crippen molar-refractivity contribution in [2.24, 2.45) is 28.6 Å². The Bertz CT molecular complexity index is 915. The van der Waals surface area contributed by atoms with Gasteiger partial charge in [-0.1, -0.05) is 53.6 Å². The van der Waals surface area contributed by atoms with Gasteiger partial charge < -0.3 is 5.11 Å². The van der Waals surface area contributed by atoms with Gasteiger partial charge in [0.2, 0.25) is 0 Å². The van der Waals surface area contributed by atoms with Crippen LogP contribution >= 0.6 is 15.9 Å². The van der Waals surface area contributed by atoms with Crippen LogP contribution in [0.15, 0.2) is 46.0 Å². The monoisotopic (exact) mass is 454 g/mol. The highest BCUT2D eigenvalue weighted by Gasteiger charge is 2.59. The molecule has 3 saturated carbocycles. The molecule has 0 radical (unpaired) electrons. The van der Waals surface area contributed by atoms with E-state index in [9.17, 15) is 9.90 Å². The summed E-state index contributed by atoms with van der Waals surface area (Å²) in [5, 5.41) is 10.2. The highest BCUT2D eigenvalue weighted by molar-refractivity contribution is 9.10. The summed E-state index contributed by atoms with van der Waals surface area (Å²) in [6.07, 6.45) is 11.5. The van der Waals surface area contributed by atoms with Gasteiger partial charge in [-0.2, -0.15) is 0 Å². The molecule has 0 aromatic heterocycles. The second-order valence-electron chi connectivity index (χ2n) is 10.4. The lowest BCUT2D eigenvalue weighted by atomic mass is 9.48. The maximum absolute atomic E-state index is 13.5. The molecule has 154 valence electrons. The highest BCUT2D eigenvalue weighted by atomic mass is 79.9. The molecule has 4 aliphatic rings. The number of fused-ring (bicyclic) bond motifs is 5. The number of hydrogen-bond donors (Lipinski definition) is 1. The molecule has 0 amide bonds. The number of rotatable bonds is 1. The van der Waals surface area contributed by atoms with Crippen LogP contribution in [0.1, 0.15) is 64.4 Å². The van der Waals surface area contributed by atoms with E-state index >= 15 is 0 Å². The fourth-order valence-electron chi connectivity index (χ4n) is 7.24. The minimum Gasteiger partial charge on any atom is -0.393 e. The lowest BCUT2D eigenvalue weighted by molar-refractivity contribution is -0.130. The van der Waals surface area contributed by atoms with Crippen LogP contribution in [0.25, 0.3) is 6.08 Å². The second kappa shape index (κ2) is 6.92. The van der Waals surface area contributed by atoms with E-state index in [4.69, 9.17) is 0 Å². The number of halogens is 1. The topological polar surface area (TPSA) is 37.3 Å². The average Bonchev–Trinajstić information content (AvgIpc) is 2.93. The van der Waals surface area contributed by atoms with E-state index in [2.05, 4.69) is 54.1 Å². The first-order valence-corrected chi connectivity index (χ1v) is 12.0. The lowest BCUT2D eigenvalue weighted by Gasteiger charge is -2.56. The molecular weight excluding hydrogens is 424 g/mol. The first-order valence-electron chi connectivity index (χ1n) is 11.2. The molecule has 5 rings (SSSR count). The number of aliphatic hydroxyl groups excluding tert-OH is 1. The van der Waals surface area contributed by atoms with Crippen molar-refractivity contribution in [2.45, 2.75) is 64.9 Å². The summed E-state index contributed by atoms with van der Waals surface area (Å²) in [5.74, 6) is 2.09. The summed E-state index contributed by atoms with van der Waals surface area (Å²) < 4.78 is 1.05. The number of benzene rings is 1. The summed E-state index contributed by atoms with van der Waals surface area (Å²) in [6.45, 7) is 4.68. The molecule has 1 aromatic rings. The number of hydrogen-bond acceptors (Lipinski definition) is 2. The normalized spacial score (nSPS) is 42.8. The smallest absolute Gasteiger partial charge is 0.165 e. The van der Waals surface area contributed by atoms with E-state index in [-0.39, 0.29) is 16.9 Å². The van der Waals surface area contributed by atoms with Crippen LogP contribution in [0.4, 0.5) is 0 Å². The Morgan fingerprint density at radius 1 is 1.10 bits per heavy atom. The summed E-state index contributed by atoms with van der Waals surface area (Å²) >= 11 is 3.55. The fourth-order valence-corrected chi connectivity index (χ4v) is 7.66. The number of Topliss-reactive ketones (excluding diaryl/α,β-unsaturated/α-hetero) is 1. The standard InChI is InChI=1S/C26H31BrO2/c1-25-10-8-20(28)15-18(25)6-7-21-22(25)9-11-26(2)23(21)14-17(24(26)29)12-16-4-3-5-19(27)13-16/h3-6,12-13,20-23,28H,7-11,14-15H2,1-2H3/b17-12+/t20-,21-,22+,23+,25-,26-/m0/s1. The van der Waals surface area contributed by atoms with Crippen molar-refractivity contribution in [1.29, 1.82) is 0 Å². The van der Waals surface area contributed by atoms with Gasteiger partial charge in [0.25, 0.3) is 0 Å². The molecule has 3 heteroatoms. The second-order valence-corrected chi connectivity index (χ2v) is 11.3. The number of carbonyl (C=O) groups excluding carboxylic acids is 1. The Balaban J connectivity index is 1.48. The predicted molar refractivity (Wildman–Crippen MR) is 120 cm³/mol. The molecule has 0 heterocycles. The zero-order valence-corrected chi connectivity index (χ0v) is 19.0. The van der Waals surface area contributed by atoms with E-state index in [0.717, 1.165) is 60.6 Å². The van der Waals surface area contributed by atoms with Gasteiger partial charge in [-0.25, -0.2) is 0 Å². The molecule has 0 unspecified atom stereocenters. The van der Waals surface area contributed by atoms with E-state index in [1.54, 1.807) is 0 Å². The Kier molecular flexibility index (Phi) is 4.71. The van der Waals surface area contributed by atoms with Crippen molar-refractivity contribution >= 4 is 27.8 Å². The van der Waals surface area contributed by atoms with Crippen LogP contribution < -0.4 is 0 Å². The third-order valence-corrected chi connectivity index (χ3v) is 9.40. The number of carbonyl (C=O) groups is 1. The van der Waals surface area contributed by atoms with Crippen molar-refractivity contribution in [3.05, 3.63) is 51.5 Å². The number of allylic oxidation sites excluding steroid dienone is 2. The minimum atomic E-state index is -0.200. The molecule has 0 aliphatic heterocycles. The molecule has 6 atom stereocenters. The first kappa shape index (κ1) is 19.8. The SMILES string of the molecule is C[C@]12CC[C@H](O)CC1=CC[C@H]1[C@H]2CC[C@]2(C)C(=O)/C(=C/c3cccc(Br)c3)C[C@H]12. The number of ketones is 1. The molecule has 0 spiro atoms. The van der Waals surface area contributed by atoms with Crippen molar-refractivity contribution in [3.63, 3.8) is 0 Å². The zero-order valence-electron chi connectivity index (χ0n) is 17.5. The summed E-state index contributed by atoms with van der Waals surface area (Å²) in [4.78, 5) is 13.5. The molecule has 0 saturated heterocycles. The molecule has 4 aliphatic carbocycles. The quantitative estimate of drug-likeness (QED) is 0.397. The van der Waals surface area contributed by atoms with Gasteiger partial charge in [-0.15, -0.1) is 0 Å². The third kappa shape index (κ3) is 3.03. The Morgan fingerprint density at radius 3 is 2.69 bits per heavy atom. The molecule has 1 aromatic carbocycles. The van der Waals surface area contributed by atoms with Gasteiger partial charge in [-0.05, 0) is 97.5 Å². The van der Waals surface area contributed by atoms with Crippen molar-refractivity contribution < 1.29 is 9.90 Å². The maximum atomic E-state index is 13.5. The molecule has 2 nitrogen and oxygen atoms in total. The van der Waals surface area contributed by atoms with Crippen molar-refractivity contribution in [2.75, 3.05) is 0 Å². The molecule has 1 N–H and O–H groups in total. The summed E-state index contributed by atoms with van der Waals surface area (Å²) in [6, 6.07) is 8.24. The van der Waals surface area contributed by atoms with E-state index < -0.39 is 0 Å². The third-order valence-electron chi connectivity index (χ3n) is 8.91. The summed E-state index contributed by atoms with van der Waals surface area (Å²) in [5.41, 5.74) is 3.66. The maximum Gasteiger partial charge on any atom is 0.165 e. The lowest BCUT2D eigenvalue weighted by Crippen LogP contribution is -2.50. The van der Waals surface area contributed by atoms with Crippen LogP contribution in [0.5, 0.6) is 0 Å². The predicted octanol–water partition coefficient (Wildman–Crippen LogP) is 6.34. The van der Waals surface area contributed by atoms with E-state index in [1.807, 2.05) is 12.1 Å². The Morgan fingerprint density at radius 2 is 1.90 bits per heavy atom. The fraction of sp³-hybridized carbons (Fsp3) is 0.577. The van der Waals surface area contributed by atoms with E-state index in [1.165, 1.54) is 5.57 Å². The zero-order chi connectivity index (χ0) is 20.4. The van der Waals surface area contributed by atoms with Crippen LogP contribution in [-0.2, 0) is 4.79 Å².